The topological polar surface area (TPSA) is 85.1 Å². The lowest BCUT2D eigenvalue weighted by molar-refractivity contribution is 0.119. The SMILES string of the molecule is COCC1CCN(S(=O)(=O)N2CCc3oc(C4CCOC4)nc3C2)CC1. The second-order valence-electron chi connectivity index (χ2n) is 7.37. The Labute approximate surface area is 154 Å². The van der Waals surface area contributed by atoms with E-state index in [0.29, 0.717) is 57.6 Å². The molecule has 9 heteroatoms. The molecule has 0 N–H and O–H groups in total. The van der Waals surface area contributed by atoms with Gasteiger partial charge in [-0.05, 0) is 25.2 Å². The van der Waals surface area contributed by atoms with Gasteiger partial charge in [-0.25, -0.2) is 4.98 Å². The molecule has 146 valence electrons. The number of rotatable bonds is 5. The van der Waals surface area contributed by atoms with Gasteiger partial charge in [0.2, 0.25) is 0 Å². The minimum Gasteiger partial charge on any atom is -0.445 e. The van der Waals surface area contributed by atoms with Crippen molar-refractivity contribution in [1.82, 2.24) is 13.6 Å². The van der Waals surface area contributed by atoms with Gasteiger partial charge in [-0.1, -0.05) is 0 Å². The number of nitrogens with zero attached hydrogens (tertiary/aromatic N) is 3. The van der Waals surface area contributed by atoms with Gasteiger partial charge in [0.1, 0.15) is 5.76 Å². The molecule has 26 heavy (non-hydrogen) atoms. The van der Waals surface area contributed by atoms with Crippen LogP contribution >= 0.6 is 0 Å². The number of methoxy groups -OCH3 is 1. The molecule has 1 atom stereocenters. The quantitative estimate of drug-likeness (QED) is 0.756. The summed E-state index contributed by atoms with van der Waals surface area (Å²) in [5.41, 5.74) is 0.760. The summed E-state index contributed by atoms with van der Waals surface area (Å²) in [4.78, 5) is 4.59. The van der Waals surface area contributed by atoms with E-state index in [4.69, 9.17) is 13.9 Å². The molecule has 0 amide bonds. The largest absolute Gasteiger partial charge is 0.445 e. The number of aromatic nitrogens is 1. The fourth-order valence-corrected chi connectivity index (χ4v) is 5.61. The van der Waals surface area contributed by atoms with E-state index in [9.17, 15) is 8.42 Å². The monoisotopic (exact) mass is 385 g/mol. The van der Waals surface area contributed by atoms with E-state index in [1.807, 2.05) is 0 Å². The minimum atomic E-state index is -3.46. The molecule has 1 unspecified atom stereocenters. The molecule has 8 nitrogen and oxygen atoms in total. The molecule has 4 heterocycles. The molecule has 0 aliphatic carbocycles. The number of hydrogen-bond donors (Lipinski definition) is 0. The fraction of sp³-hybridized carbons (Fsp3) is 0.824. The highest BCUT2D eigenvalue weighted by Gasteiger charge is 2.37. The minimum absolute atomic E-state index is 0.200. The summed E-state index contributed by atoms with van der Waals surface area (Å²) in [6.45, 7) is 3.94. The number of fused-ring (bicyclic) bond motifs is 1. The molecular formula is C17H27N3O5S. The number of ether oxygens (including phenoxy) is 2. The smallest absolute Gasteiger partial charge is 0.282 e. The molecular weight excluding hydrogens is 358 g/mol. The molecule has 2 fully saturated rings. The van der Waals surface area contributed by atoms with Crippen molar-refractivity contribution in [3.8, 4) is 0 Å². The van der Waals surface area contributed by atoms with Crippen LogP contribution in [0.4, 0.5) is 0 Å². The second kappa shape index (κ2) is 7.55. The molecule has 0 bridgehead atoms. The van der Waals surface area contributed by atoms with Crippen molar-refractivity contribution in [2.75, 3.05) is 46.6 Å². The zero-order valence-corrected chi connectivity index (χ0v) is 16.0. The van der Waals surface area contributed by atoms with Gasteiger partial charge < -0.3 is 13.9 Å². The van der Waals surface area contributed by atoms with E-state index in [1.165, 1.54) is 0 Å². The van der Waals surface area contributed by atoms with Crippen LogP contribution in [-0.4, -0.2) is 68.6 Å². The third-order valence-corrected chi connectivity index (χ3v) is 7.60. The van der Waals surface area contributed by atoms with Crippen LogP contribution in [0.1, 0.15) is 42.5 Å². The molecule has 0 aromatic carbocycles. The van der Waals surface area contributed by atoms with Crippen LogP contribution in [-0.2, 0) is 32.6 Å². The third kappa shape index (κ3) is 3.55. The summed E-state index contributed by atoms with van der Waals surface area (Å²) in [6, 6.07) is 0. The summed E-state index contributed by atoms with van der Waals surface area (Å²) in [6.07, 6.45) is 3.19. The maximum Gasteiger partial charge on any atom is 0.282 e. The summed E-state index contributed by atoms with van der Waals surface area (Å²) >= 11 is 0. The predicted octanol–water partition coefficient (Wildman–Crippen LogP) is 1.14. The van der Waals surface area contributed by atoms with E-state index in [1.54, 1.807) is 15.7 Å². The van der Waals surface area contributed by atoms with Crippen molar-refractivity contribution >= 4 is 10.2 Å². The first kappa shape index (κ1) is 18.4. The highest BCUT2D eigenvalue weighted by atomic mass is 32.2. The zero-order chi connectivity index (χ0) is 18.1. The zero-order valence-electron chi connectivity index (χ0n) is 15.2. The van der Waals surface area contributed by atoms with Gasteiger partial charge in [-0.3, -0.25) is 0 Å². The van der Waals surface area contributed by atoms with Gasteiger partial charge in [0.05, 0.1) is 24.8 Å². The normalized spacial score (nSPS) is 26.3. The van der Waals surface area contributed by atoms with Crippen molar-refractivity contribution in [3.63, 3.8) is 0 Å². The van der Waals surface area contributed by atoms with Gasteiger partial charge in [0.15, 0.2) is 5.89 Å². The Hall–Kier alpha value is -1.00. The Morgan fingerprint density at radius 1 is 1.19 bits per heavy atom. The molecule has 3 aliphatic rings. The van der Waals surface area contributed by atoms with Crippen molar-refractivity contribution in [2.24, 2.45) is 5.92 Å². The number of piperidine rings is 1. The Kier molecular flexibility index (Phi) is 5.34. The third-order valence-electron chi connectivity index (χ3n) is 5.62. The first-order chi connectivity index (χ1) is 12.6. The van der Waals surface area contributed by atoms with Crippen LogP contribution in [0.15, 0.2) is 4.42 Å². The van der Waals surface area contributed by atoms with E-state index >= 15 is 0 Å². The van der Waals surface area contributed by atoms with Crippen molar-refractivity contribution in [3.05, 3.63) is 17.3 Å². The molecule has 1 aromatic rings. The first-order valence-electron chi connectivity index (χ1n) is 9.38. The Bertz CT molecular complexity index is 721. The molecule has 0 saturated carbocycles. The lowest BCUT2D eigenvalue weighted by Gasteiger charge is -2.35. The van der Waals surface area contributed by atoms with Gasteiger partial charge >= 0.3 is 0 Å². The standard InChI is InChI=1S/C17H27N3O5S/c1-23-11-13-2-6-19(7-3-13)26(21,22)20-8-4-16-15(10-20)18-17(25-16)14-5-9-24-12-14/h13-14H,2-12H2,1H3. The highest BCUT2D eigenvalue weighted by molar-refractivity contribution is 7.86. The summed E-state index contributed by atoms with van der Waals surface area (Å²) in [5.74, 6) is 2.18. The molecule has 2 saturated heterocycles. The van der Waals surface area contributed by atoms with Crippen molar-refractivity contribution in [1.29, 1.82) is 0 Å². The van der Waals surface area contributed by atoms with Crippen LogP contribution in [0.5, 0.6) is 0 Å². The predicted molar refractivity (Wildman–Crippen MR) is 93.9 cm³/mol. The van der Waals surface area contributed by atoms with Crippen LogP contribution in [0, 0.1) is 5.92 Å². The summed E-state index contributed by atoms with van der Waals surface area (Å²) < 4.78 is 45.7. The molecule has 4 rings (SSSR count). The summed E-state index contributed by atoms with van der Waals surface area (Å²) in [7, 11) is -1.76. The van der Waals surface area contributed by atoms with Crippen LogP contribution in [0.2, 0.25) is 0 Å². The molecule has 1 aromatic heterocycles. The van der Waals surface area contributed by atoms with E-state index in [-0.39, 0.29) is 5.92 Å². The second-order valence-corrected chi connectivity index (χ2v) is 9.30. The molecule has 3 aliphatic heterocycles. The van der Waals surface area contributed by atoms with Gasteiger partial charge in [0, 0.05) is 46.4 Å². The number of oxazole rings is 1. The average Bonchev–Trinajstić information content (AvgIpc) is 3.31. The Morgan fingerprint density at radius 3 is 2.69 bits per heavy atom. The Morgan fingerprint density at radius 2 is 2.00 bits per heavy atom. The maximum atomic E-state index is 13.0. The highest BCUT2D eigenvalue weighted by Crippen LogP contribution is 2.30. The van der Waals surface area contributed by atoms with Crippen LogP contribution in [0.25, 0.3) is 0 Å². The first-order valence-corrected chi connectivity index (χ1v) is 10.8. The van der Waals surface area contributed by atoms with Crippen molar-refractivity contribution in [2.45, 2.75) is 38.1 Å². The summed E-state index contributed by atoms with van der Waals surface area (Å²) in [5, 5.41) is 0. The molecule has 0 spiro atoms. The maximum absolute atomic E-state index is 13.0. The van der Waals surface area contributed by atoms with Crippen LogP contribution < -0.4 is 0 Å². The average molecular weight is 385 g/mol. The van der Waals surface area contributed by atoms with Crippen molar-refractivity contribution < 1.29 is 22.3 Å². The Balaban J connectivity index is 1.42. The van der Waals surface area contributed by atoms with Gasteiger partial charge in [0.25, 0.3) is 10.2 Å². The number of hydrogen-bond acceptors (Lipinski definition) is 6. The lowest BCUT2D eigenvalue weighted by Crippen LogP contribution is -2.48. The van der Waals surface area contributed by atoms with Gasteiger partial charge in [-0.2, -0.15) is 17.0 Å². The van der Waals surface area contributed by atoms with Gasteiger partial charge in [-0.15, -0.1) is 0 Å². The van der Waals surface area contributed by atoms with E-state index in [2.05, 4.69) is 4.98 Å². The van der Waals surface area contributed by atoms with Crippen LogP contribution in [0.3, 0.4) is 0 Å². The lowest BCUT2D eigenvalue weighted by atomic mass is 9.99. The fourth-order valence-electron chi connectivity index (χ4n) is 4.00. The van der Waals surface area contributed by atoms with E-state index in [0.717, 1.165) is 37.3 Å². The van der Waals surface area contributed by atoms with E-state index < -0.39 is 10.2 Å². The molecule has 0 radical (unpaired) electrons.